The fourth-order valence-electron chi connectivity index (χ4n) is 4.91. The van der Waals surface area contributed by atoms with E-state index in [4.69, 9.17) is 16.3 Å². The Hall–Kier alpha value is -3.31. The summed E-state index contributed by atoms with van der Waals surface area (Å²) in [4.78, 5) is 29.1. The molecule has 0 heterocycles. The van der Waals surface area contributed by atoms with Crippen molar-refractivity contribution in [3.8, 4) is 5.75 Å². The van der Waals surface area contributed by atoms with Crippen LogP contribution in [0.5, 0.6) is 5.75 Å². The van der Waals surface area contributed by atoms with Crippen molar-refractivity contribution >= 4 is 23.4 Å². The van der Waals surface area contributed by atoms with Gasteiger partial charge >= 0.3 is 0 Å². The van der Waals surface area contributed by atoms with Gasteiger partial charge in [0.1, 0.15) is 11.8 Å². The van der Waals surface area contributed by atoms with Crippen LogP contribution in [0.15, 0.2) is 78.9 Å². The number of halogens is 1. The van der Waals surface area contributed by atoms with Crippen LogP contribution < -0.4 is 10.1 Å². The summed E-state index contributed by atoms with van der Waals surface area (Å²) in [6.45, 7) is 4.31. The normalized spacial score (nSPS) is 14.3. The second-order valence-electron chi connectivity index (χ2n) is 10.3. The van der Waals surface area contributed by atoms with E-state index in [0.29, 0.717) is 23.1 Å². The van der Waals surface area contributed by atoms with Crippen molar-refractivity contribution in [2.75, 3.05) is 6.61 Å². The number of carbonyl (C=O) groups excluding carboxylic acids is 2. The van der Waals surface area contributed by atoms with Gasteiger partial charge in [0.25, 0.3) is 5.91 Å². The molecule has 0 aromatic heterocycles. The van der Waals surface area contributed by atoms with Gasteiger partial charge in [0.05, 0.1) is 0 Å². The first kappa shape index (κ1) is 27.7. The van der Waals surface area contributed by atoms with E-state index in [2.05, 4.69) is 19.2 Å². The highest BCUT2D eigenvalue weighted by molar-refractivity contribution is 6.31. The maximum atomic E-state index is 13.8. The van der Waals surface area contributed by atoms with E-state index in [-0.39, 0.29) is 31.0 Å². The van der Waals surface area contributed by atoms with Crippen molar-refractivity contribution in [2.45, 2.75) is 70.5 Å². The summed E-state index contributed by atoms with van der Waals surface area (Å²) in [6.07, 6.45) is 4.56. The molecule has 1 unspecified atom stereocenters. The molecule has 1 atom stereocenters. The van der Waals surface area contributed by atoms with Gasteiger partial charge < -0.3 is 15.0 Å². The van der Waals surface area contributed by atoms with Crippen molar-refractivity contribution in [1.29, 1.82) is 0 Å². The lowest BCUT2D eigenvalue weighted by Gasteiger charge is -2.32. The third-order valence-corrected chi connectivity index (χ3v) is 7.55. The summed E-state index contributed by atoms with van der Waals surface area (Å²) < 4.78 is 5.91. The standard InChI is InChI=1S/C32H37ClN2O3/c1-23(2)25-16-18-28(19-17-25)38-22-31(36)35(21-26-12-6-9-15-29(26)33)30(20-24-10-4-3-5-11-24)32(37)34-27-13-7-8-14-27/h3-6,9-12,15-19,23,27,30H,7-8,13-14,20-22H2,1-2H3,(H,34,37). The molecule has 0 aliphatic heterocycles. The van der Waals surface area contributed by atoms with E-state index >= 15 is 0 Å². The summed E-state index contributed by atoms with van der Waals surface area (Å²) in [5.74, 6) is 0.632. The largest absolute Gasteiger partial charge is 0.484 e. The lowest BCUT2D eigenvalue weighted by atomic mass is 10.0. The maximum absolute atomic E-state index is 13.8. The minimum absolute atomic E-state index is 0.137. The Morgan fingerprint density at radius 2 is 1.61 bits per heavy atom. The molecule has 6 heteroatoms. The quantitative estimate of drug-likeness (QED) is 0.305. The Balaban J connectivity index is 1.59. The molecule has 5 nitrogen and oxygen atoms in total. The highest BCUT2D eigenvalue weighted by Crippen LogP contribution is 2.23. The fraction of sp³-hybridized carbons (Fsp3) is 0.375. The first-order valence-corrected chi connectivity index (χ1v) is 13.9. The van der Waals surface area contributed by atoms with Gasteiger partial charge in [-0.25, -0.2) is 0 Å². The fourth-order valence-corrected chi connectivity index (χ4v) is 5.10. The molecule has 0 saturated heterocycles. The number of amides is 2. The third kappa shape index (κ3) is 7.61. The van der Waals surface area contributed by atoms with Crippen LogP contribution >= 0.6 is 11.6 Å². The van der Waals surface area contributed by atoms with Gasteiger partial charge in [-0.2, -0.15) is 0 Å². The van der Waals surface area contributed by atoms with E-state index in [0.717, 1.165) is 36.8 Å². The number of nitrogens with one attached hydrogen (secondary N) is 1. The zero-order chi connectivity index (χ0) is 26.9. The average Bonchev–Trinajstić information content (AvgIpc) is 3.44. The SMILES string of the molecule is CC(C)c1ccc(OCC(=O)N(Cc2ccccc2Cl)C(Cc2ccccc2)C(=O)NC2CCCC2)cc1. The molecule has 3 aromatic carbocycles. The minimum Gasteiger partial charge on any atom is -0.484 e. The summed E-state index contributed by atoms with van der Waals surface area (Å²) >= 11 is 6.50. The van der Waals surface area contributed by atoms with Crippen molar-refractivity contribution in [3.05, 3.63) is 101 Å². The van der Waals surface area contributed by atoms with Gasteiger partial charge in [-0.15, -0.1) is 0 Å². The molecule has 4 rings (SSSR count). The monoisotopic (exact) mass is 532 g/mol. The number of nitrogens with zero attached hydrogens (tertiary/aromatic N) is 1. The molecule has 1 aliphatic carbocycles. The van der Waals surface area contributed by atoms with E-state index in [1.54, 1.807) is 11.0 Å². The zero-order valence-electron chi connectivity index (χ0n) is 22.2. The first-order valence-electron chi connectivity index (χ1n) is 13.5. The van der Waals surface area contributed by atoms with Crippen molar-refractivity contribution < 1.29 is 14.3 Å². The third-order valence-electron chi connectivity index (χ3n) is 7.18. The summed E-state index contributed by atoms with van der Waals surface area (Å²) in [5.41, 5.74) is 2.98. The number of hydrogen-bond donors (Lipinski definition) is 1. The Kier molecular flexibility index (Phi) is 9.83. The highest BCUT2D eigenvalue weighted by atomic mass is 35.5. The zero-order valence-corrected chi connectivity index (χ0v) is 23.0. The Morgan fingerprint density at radius 3 is 2.26 bits per heavy atom. The molecule has 0 radical (unpaired) electrons. The van der Waals surface area contributed by atoms with Crippen LogP contribution in [-0.4, -0.2) is 35.4 Å². The molecule has 1 aliphatic rings. The Bertz CT molecular complexity index is 1190. The molecule has 2 amide bonds. The molecular weight excluding hydrogens is 496 g/mol. The number of carbonyl (C=O) groups is 2. The summed E-state index contributed by atoms with van der Waals surface area (Å²) in [7, 11) is 0. The van der Waals surface area contributed by atoms with Gasteiger partial charge in [-0.05, 0) is 53.6 Å². The molecule has 200 valence electrons. The minimum atomic E-state index is -0.700. The Labute approximate surface area is 231 Å². The second kappa shape index (κ2) is 13.5. The lowest BCUT2D eigenvalue weighted by molar-refractivity contribution is -0.143. The number of ether oxygens (including phenoxy) is 1. The number of hydrogen-bond acceptors (Lipinski definition) is 3. The average molecular weight is 533 g/mol. The molecular formula is C32H37ClN2O3. The molecule has 3 aromatic rings. The number of rotatable bonds is 11. The van der Waals surface area contributed by atoms with Crippen LogP contribution in [0.3, 0.4) is 0 Å². The van der Waals surface area contributed by atoms with E-state index in [9.17, 15) is 9.59 Å². The van der Waals surface area contributed by atoms with Crippen LogP contribution in [-0.2, 0) is 22.6 Å². The van der Waals surface area contributed by atoms with Crippen LogP contribution in [0.1, 0.15) is 62.1 Å². The van der Waals surface area contributed by atoms with E-state index in [1.807, 2.05) is 72.8 Å². The van der Waals surface area contributed by atoms with Gasteiger partial charge in [0.2, 0.25) is 5.91 Å². The van der Waals surface area contributed by atoms with Crippen LogP contribution in [0, 0.1) is 0 Å². The molecule has 1 fully saturated rings. The van der Waals surface area contributed by atoms with Gasteiger partial charge in [-0.3, -0.25) is 9.59 Å². The molecule has 0 bridgehead atoms. The van der Waals surface area contributed by atoms with Crippen molar-refractivity contribution in [3.63, 3.8) is 0 Å². The lowest BCUT2D eigenvalue weighted by Crippen LogP contribution is -2.53. The Morgan fingerprint density at radius 1 is 0.947 bits per heavy atom. The summed E-state index contributed by atoms with van der Waals surface area (Å²) in [6, 6.07) is 24.5. The molecule has 1 saturated carbocycles. The van der Waals surface area contributed by atoms with Crippen LogP contribution in [0.25, 0.3) is 0 Å². The van der Waals surface area contributed by atoms with Crippen LogP contribution in [0.4, 0.5) is 0 Å². The van der Waals surface area contributed by atoms with Crippen LogP contribution in [0.2, 0.25) is 5.02 Å². The smallest absolute Gasteiger partial charge is 0.261 e. The number of benzene rings is 3. The van der Waals surface area contributed by atoms with Gasteiger partial charge in [-0.1, -0.05) is 99.0 Å². The molecule has 1 N–H and O–H groups in total. The first-order chi connectivity index (χ1) is 18.4. The highest BCUT2D eigenvalue weighted by Gasteiger charge is 2.32. The second-order valence-corrected chi connectivity index (χ2v) is 10.7. The molecule has 38 heavy (non-hydrogen) atoms. The van der Waals surface area contributed by atoms with E-state index in [1.165, 1.54) is 5.56 Å². The molecule has 0 spiro atoms. The summed E-state index contributed by atoms with van der Waals surface area (Å²) in [5, 5.41) is 3.78. The topological polar surface area (TPSA) is 58.6 Å². The maximum Gasteiger partial charge on any atom is 0.261 e. The van der Waals surface area contributed by atoms with Crippen molar-refractivity contribution in [2.24, 2.45) is 0 Å². The van der Waals surface area contributed by atoms with Crippen molar-refractivity contribution in [1.82, 2.24) is 10.2 Å². The predicted octanol–water partition coefficient (Wildman–Crippen LogP) is 6.54. The van der Waals surface area contributed by atoms with E-state index < -0.39 is 6.04 Å². The van der Waals surface area contributed by atoms with Gasteiger partial charge in [0.15, 0.2) is 6.61 Å². The van der Waals surface area contributed by atoms with Gasteiger partial charge in [0, 0.05) is 24.0 Å². The predicted molar refractivity (Wildman–Crippen MR) is 152 cm³/mol.